The monoisotopic (exact) mass is 423 g/mol. The maximum Gasteiger partial charge on any atom is 0.262 e. The molecule has 4 rings (SSSR count). The van der Waals surface area contributed by atoms with Crippen molar-refractivity contribution in [3.63, 3.8) is 0 Å². The summed E-state index contributed by atoms with van der Waals surface area (Å²) in [6.45, 7) is 5.49. The van der Waals surface area contributed by atoms with Crippen molar-refractivity contribution in [2.24, 2.45) is 0 Å². The normalized spacial score (nSPS) is 14.3. The van der Waals surface area contributed by atoms with Crippen LogP contribution < -0.4 is 10.5 Å². The number of amides is 1. The molecule has 0 bridgehead atoms. The number of aromatic nitrogens is 3. The van der Waals surface area contributed by atoms with E-state index < -0.39 is 0 Å². The number of thioether (sulfide) groups is 1. The van der Waals surface area contributed by atoms with Crippen LogP contribution in [0.2, 0.25) is 0 Å². The van der Waals surface area contributed by atoms with Gasteiger partial charge in [-0.25, -0.2) is 9.97 Å². The largest absolute Gasteiger partial charge is 0.353 e. The molecule has 3 aromatic rings. The van der Waals surface area contributed by atoms with E-state index in [2.05, 4.69) is 14.9 Å². The third-order valence-corrected chi connectivity index (χ3v) is 6.17. The highest BCUT2D eigenvalue weighted by Crippen LogP contribution is 2.20. The van der Waals surface area contributed by atoms with Crippen molar-refractivity contribution in [2.75, 3.05) is 36.8 Å². The van der Waals surface area contributed by atoms with Gasteiger partial charge in [0, 0.05) is 38.9 Å². The highest BCUT2D eigenvalue weighted by Gasteiger charge is 2.22. The first-order chi connectivity index (χ1) is 14.7. The molecule has 0 aliphatic carbocycles. The number of pyridine rings is 1. The van der Waals surface area contributed by atoms with E-state index in [4.69, 9.17) is 0 Å². The second-order valence-electron chi connectivity index (χ2n) is 7.21. The Morgan fingerprint density at radius 1 is 1.07 bits per heavy atom. The van der Waals surface area contributed by atoms with Crippen molar-refractivity contribution >= 4 is 34.4 Å². The van der Waals surface area contributed by atoms with E-state index in [1.165, 1.54) is 11.8 Å². The number of rotatable bonds is 6. The molecule has 0 unspecified atom stereocenters. The van der Waals surface area contributed by atoms with Crippen LogP contribution >= 0.6 is 11.8 Å². The lowest BCUT2D eigenvalue weighted by molar-refractivity contribution is -0.128. The average molecular weight is 424 g/mol. The minimum absolute atomic E-state index is 0.0404. The number of carbonyl (C=O) groups excluding carboxylic acids is 1. The van der Waals surface area contributed by atoms with Crippen LogP contribution in [0.1, 0.15) is 13.3 Å². The Labute approximate surface area is 179 Å². The fraction of sp³-hybridized carbons (Fsp3) is 0.364. The number of hydrogen-bond acceptors (Lipinski definition) is 6. The molecule has 1 fully saturated rings. The molecule has 0 saturated carbocycles. The number of piperazine rings is 1. The first-order valence-corrected chi connectivity index (χ1v) is 11.2. The van der Waals surface area contributed by atoms with Crippen LogP contribution in [0.3, 0.4) is 0 Å². The maximum absolute atomic E-state index is 12.9. The minimum Gasteiger partial charge on any atom is -0.353 e. The van der Waals surface area contributed by atoms with Crippen molar-refractivity contribution in [3.05, 3.63) is 59.0 Å². The molecule has 3 heterocycles. The van der Waals surface area contributed by atoms with E-state index in [-0.39, 0.29) is 17.2 Å². The molecule has 1 aliphatic heterocycles. The Balaban J connectivity index is 1.42. The third-order valence-electron chi connectivity index (χ3n) is 5.20. The van der Waals surface area contributed by atoms with E-state index in [0.29, 0.717) is 35.7 Å². The van der Waals surface area contributed by atoms with Crippen LogP contribution in [0.5, 0.6) is 0 Å². The predicted octanol–water partition coefficient (Wildman–Crippen LogP) is 2.64. The summed E-state index contributed by atoms with van der Waals surface area (Å²) >= 11 is 1.35. The van der Waals surface area contributed by atoms with Gasteiger partial charge >= 0.3 is 0 Å². The second-order valence-corrected chi connectivity index (χ2v) is 8.16. The average Bonchev–Trinajstić information content (AvgIpc) is 2.80. The molecule has 1 saturated heterocycles. The van der Waals surface area contributed by atoms with E-state index in [1.54, 1.807) is 16.8 Å². The smallest absolute Gasteiger partial charge is 0.262 e. The maximum atomic E-state index is 12.9. The fourth-order valence-corrected chi connectivity index (χ4v) is 4.55. The summed E-state index contributed by atoms with van der Waals surface area (Å²) in [7, 11) is 0. The van der Waals surface area contributed by atoms with Crippen molar-refractivity contribution in [1.29, 1.82) is 0 Å². The molecular weight excluding hydrogens is 398 g/mol. The highest BCUT2D eigenvalue weighted by molar-refractivity contribution is 7.99. The molecule has 0 N–H and O–H groups in total. The van der Waals surface area contributed by atoms with Crippen LogP contribution in [-0.4, -0.2) is 57.3 Å². The van der Waals surface area contributed by atoms with Gasteiger partial charge in [0.1, 0.15) is 5.82 Å². The Bertz CT molecular complexity index is 1080. The molecule has 8 heteroatoms. The lowest BCUT2D eigenvalue weighted by Gasteiger charge is -2.35. The van der Waals surface area contributed by atoms with Gasteiger partial charge in [0.25, 0.3) is 5.56 Å². The molecule has 1 aromatic carbocycles. The minimum atomic E-state index is -0.0404. The van der Waals surface area contributed by atoms with Gasteiger partial charge in [-0.05, 0) is 30.7 Å². The van der Waals surface area contributed by atoms with Gasteiger partial charge < -0.3 is 9.80 Å². The molecule has 7 nitrogen and oxygen atoms in total. The first kappa shape index (κ1) is 20.4. The lowest BCUT2D eigenvalue weighted by atomic mass is 10.2. The Kier molecular flexibility index (Phi) is 6.32. The summed E-state index contributed by atoms with van der Waals surface area (Å²) in [6, 6.07) is 13.2. The Morgan fingerprint density at radius 2 is 1.83 bits per heavy atom. The number of anilines is 1. The fourth-order valence-electron chi connectivity index (χ4n) is 3.62. The number of benzene rings is 1. The van der Waals surface area contributed by atoms with Gasteiger partial charge in [-0.15, -0.1) is 0 Å². The number of para-hydroxylation sites is 1. The molecule has 1 amide bonds. The molecule has 0 radical (unpaired) electrons. The predicted molar refractivity (Wildman–Crippen MR) is 120 cm³/mol. The highest BCUT2D eigenvalue weighted by atomic mass is 32.2. The van der Waals surface area contributed by atoms with Crippen LogP contribution in [0, 0.1) is 0 Å². The van der Waals surface area contributed by atoms with Crippen molar-refractivity contribution < 1.29 is 4.79 Å². The standard InChI is InChI=1S/C22H25N5O2S/c1-2-11-27-21(29)17-7-3-4-8-18(17)24-22(27)30-16-20(28)26-14-12-25(13-15-26)19-9-5-6-10-23-19/h3-10H,2,11-16H2,1H3. The van der Waals surface area contributed by atoms with Gasteiger partial charge in [-0.2, -0.15) is 0 Å². The summed E-state index contributed by atoms with van der Waals surface area (Å²) < 4.78 is 1.69. The van der Waals surface area contributed by atoms with Crippen LogP contribution in [-0.2, 0) is 11.3 Å². The van der Waals surface area contributed by atoms with E-state index in [1.807, 2.05) is 48.2 Å². The topological polar surface area (TPSA) is 71.3 Å². The summed E-state index contributed by atoms with van der Waals surface area (Å²) in [5.74, 6) is 1.30. The number of fused-ring (bicyclic) bond motifs is 1. The lowest BCUT2D eigenvalue weighted by Crippen LogP contribution is -2.49. The zero-order chi connectivity index (χ0) is 20.9. The number of hydrogen-bond donors (Lipinski definition) is 0. The van der Waals surface area contributed by atoms with Crippen LogP contribution in [0.4, 0.5) is 5.82 Å². The zero-order valence-electron chi connectivity index (χ0n) is 17.0. The van der Waals surface area contributed by atoms with Crippen molar-refractivity contribution in [1.82, 2.24) is 19.4 Å². The first-order valence-electron chi connectivity index (χ1n) is 10.2. The van der Waals surface area contributed by atoms with Gasteiger partial charge in [0.05, 0.1) is 16.7 Å². The molecule has 156 valence electrons. The number of carbonyl (C=O) groups is 1. The Hall–Kier alpha value is -2.87. The molecule has 0 atom stereocenters. The van der Waals surface area contributed by atoms with Crippen LogP contribution in [0.25, 0.3) is 10.9 Å². The van der Waals surface area contributed by atoms with Gasteiger partial charge in [0.15, 0.2) is 5.16 Å². The summed E-state index contributed by atoms with van der Waals surface area (Å²) in [4.78, 5) is 38.8. The molecule has 0 spiro atoms. The quantitative estimate of drug-likeness (QED) is 0.448. The summed E-state index contributed by atoms with van der Waals surface area (Å²) in [5, 5.41) is 1.23. The van der Waals surface area contributed by atoms with Crippen molar-refractivity contribution in [3.8, 4) is 0 Å². The number of nitrogens with zero attached hydrogens (tertiary/aromatic N) is 5. The van der Waals surface area contributed by atoms with Gasteiger partial charge in [0.2, 0.25) is 5.91 Å². The molecule has 30 heavy (non-hydrogen) atoms. The van der Waals surface area contributed by atoms with Gasteiger partial charge in [-0.1, -0.05) is 36.9 Å². The summed E-state index contributed by atoms with van der Waals surface area (Å²) in [5.41, 5.74) is 0.634. The summed E-state index contributed by atoms with van der Waals surface area (Å²) in [6.07, 6.45) is 2.62. The molecular formula is C22H25N5O2S. The molecule has 1 aliphatic rings. The van der Waals surface area contributed by atoms with Crippen molar-refractivity contribution in [2.45, 2.75) is 25.0 Å². The van der Waals surface area contributed by atoms with E-state index in [9.17, 15) is 9.59 Å². The van der Waals surface area contributed by atoms with E-state index in [0.717, 1.165) is 25.3 Å². The SMILES string of the molecule is CCCn1c(SCC(=O)N2CCN(c3ccccn3)CC2)nc2ccccc2c1=O. The molecule has 2 aromatic heterocycles. The second kappa shape index (κ2) is 9.30. The van der Waals surface area contributed by atoms with E-state index >= 15 is 0 Å². The third kappa shape index (κ3) is 4.33. The van der Waals surface area contributed by atoms with Crippen LogP contribution in [0.15, 0.2) is 58.6 Å². The van der Waals surface area contributed by atoms with Gasteiger partial charge in [-0.3, -0.25) is 14.2 Å². The zero-order valence-corrected chi connectivity index (χ0v) is 17.8. The Morgan fingerprint density at radius 3 is 2.57 bits per heavy atom.